The molecule has 0 spiro atoms. The monoisotopic (exact) mass is 256 g/mol. The molecule has 0 saturated carbocycles. The number of carboxylic acids is 1. The molecule has 0 aliphatic rings. The van der Waals surface area contributed by atoms with E-state index in [2.05, 4.69) is 10.3 Å². The first-order valence-corrected chi connectivity index (χ1v) is 6.20. The number of rotatable bonds is 6. The van der Waals surface area contributed by atoms with Gasteiger partial charge in [-0.25, -0.2) is 4.98 Å². The summed E-state index contributed by atoms with van der Waals surface area (Å²) in [6, 6.07) is 0. The van der Waals surface area contributed by atoms with Crippen molar-refractivity contribution in [1.29, 1.82) is 0 Å². The third-order valence-corrected chi connectivity index (χ3v) is 3.89. The fourth-order valence-electron chi connectivity index (χ4n) is 2.01. The number of hydrogen-bond acceptors (Lipinski definition) is 4. The van der Waals surface area contributed by atoms with Gasteiger partial charge in [0.2, 0.25) is 6.41 Å². The van der Waals surface area contributed by atoms with E-state index in [1.165, 1.54) is 11.3 Å². The molecule has 94 valence electrons. The molecule has 0 bridgehead atoms. The Morgan fingerprint density at radius 2 is 2.29 bits per heavy atom. The molecule has 1 heterocycles. The summed E-state index contributed by atoms with van der Waals surface area (Å²) in [5.74, 6) is -0.971. The molecule has 17 heavy (non-hydrogen) atoms. The number of aliphatic carboxylic acids is 1. The molecule has 1 unspecified atom stereocenters. The van der Waals surface area contributed by atoms with Crippen molar-refractivity contribution in [2.75, 3.05) is 0 Å². The fourth-order valence-corrected chi connectivity index (χ4v) is 2.63. The normalized spacial score (nSPS) is 15.0. The SMILES string of the molecule is CCC(NC=O)(c1cscn1)C(C)(C)C(=O)O. The first kappa shape index (κ1) is 13.6. The summed E-state index contributed by atoms with van der Waals surface area (Å²) >= 11 is 1.38. The van der Waals surface area contributed by atoms with Crippen LogP contribution in [0.1, 0.15) is 32.9 Å². The number of amides is 1. The standard InChI is InChI=1S/C11H16N2O3S/c1-4-11(13-6-14,8-5-17-7-12-8)10(2,3)9(15)16/h5-7H,4H2,1-3H3,(H,13,14)(H,15,16). The zero-order valence-corrected chi connectivity index (χ0v) is 10.9. The summed E-state index contributed by atoms with van der Waals surface area (Å²) in [6.45, 7) is 5.02. The maximum Gasteiger partial charge on any atom is 0.311 e. The lowest BCUT2D eigenvalue weighted by atomic mass is 9.68. The van der Waals surface area contributed by atoms with Crippen LogP contribution in [0.5, 0.6) is 0 Å². The minimum atomic E-state index is -1.14. The van der Waals surface area contributed by atoms with E-state index in [0.29, 0.717) is 18.5 Å². The third kappa shape index (κ3) is 2.04. The van der Waals surface area contributed by atoms with Crippen LogP contribution < -0.4 is 5.32 Å². The number of carbonyl (C=O) groups excluding carboxylic acids is 1. The van der Waals surface area contributed by atoms with Crippen molar-refractivity contribution in [2.45, 2.75) is 32.7 Å². The number of nitrogens with zero attached hydrogens (tertiary/aromatic N) is 1. The lowest BCUT2D eigenvalue weighted by Gasteiger charge is -2.42. The van der Waals surface area contributed by atoms with E-state index in [9.17, 15) is 14.7 Å². The molecule has 1 aromatic rings. The molecule has 0 radical (unpaired) electrons. The predicted octanol–water partition coefficient (Wildman–Crippen LogP) is 1.61. The van der Waals surface area contributed by atoms with Crippen molar-refractivity contribution >= 4 is 23.7 Å². The van der Waals surface area contributed by atoms with Crippen LogP contribution in [0, 0.1) is 5.41 Å². The Kier molecular flexibility index (Phi) is 3.87. The average molecular weight is 256 g/mol. The molecule has 0 aromatic carbocycles. The van der Waals surface area contributed by atoms with Gasteiger partial charge in [-0.2, -0.15) is 0 Å². The number of carboxylic acid groups (broad SMARTS) is 1. The van der Waals surface area contributed by atoms with Crippen LogP contribution in [0.25, 0.3) is 0 Å². The fraction of sp³-hybridized carbons (Fsp3) is 0.545. The highest BCUT2D eigenvalue weighted by atomic mass is 32.1. The van der Waals surface area contributed by atoms with Crippen molar-refractivity contribution in [3.63, 3.8) is 0 Å². The highest BCUT2D eigenvalue weighted by Gasteiger charge is 2.51. The van der Waals surface area contributed by atoms with Crippen molar-refractivity contribution in [3.8, 4) is 0 Å². The third-order valence-electron chi connectivity index (χ3n) is 3.31. The minimum Gasteiger partial charge on any atom is -0.481 e. The molecular weight excluding hydrogens is 240 g/mol. The second-order valence-electron chi connectivity index (χ2n) is 4.32. The van der Waals surface area contributed by atoms with E-state index in [-0.39, 0.29) is 0 Å². The second kappa shape index (κ2) is 4.83. The van der Waals surface area contributed by atoms with Gasteiger partial charge in [0.15, 0.2) is 0 Å². The highest BCUT2D eigenvalue weighted by molar-refractivity contribution is 7.07. The minimum absolute atomic E-state index is 0.453. The van der Waals surface area contributed by atoms with Gasteiger partial charge in [-0.3, -0.25) is 9.59 Å². The molecule has 0 saturated heterocycles. The van der Waals surface area contributed by atoms with Gasteiger partial charge in [-0.05, 0) is 20.3 Å². The zero-order chi connectivity index (χ0) is 13.1. The van der Waals surface area contributed by atoms with E-state index in [0.717, 1.165) is 0 Å². The van der Waals surface area contributed by atoms with E-state index >= 15 is 0 Å². The van der Waals surface area contributed by atoms with Gasteiger partial charge in [0.05, 0.1) is 22.2 Å². The molecule has 0 aliphatic heterocycles. The zero-order valence-electron chi connectivity index (χ0n) is 10.1. The van der Waals surface area contributed by atoms with Gasteiger partial charge in [-0.15, -0.1) is 11.3 Å². The number of nitrogens with one attached hydrogen (secondary N) is 1. The van der Waals surface area contributed by atoms with Crippen molar-refractivity contribution < 1.29 is 14.7 Å². The summed E-state index contributed by atoms with van der Waals surface area (Å²) in [4.78, 5) is 26.4. The molecule has 0 aliphatic carbocycles. The van der Waals surface area contributed by atoms with Crippen molar-refractivity contribution in [1.82, 2.24) is 10.3 Å². The van der Waals surface area contributed by atoms with Crippen LogP contribution in [0.2, 0.25) is 0 Å². The average Bonchev–Trinajstić information content (AvgIpc) is 2.79. The second-order valence-corrected chi connectivity index (χ2v) is 5.04. The highest BCUT2D eigenvalue weighted by Crippen LogP contribution is 2.42. The van der Waals surface area contributed by atoms with Crippen molar-refractivity contribution in [3.05, 3.63) is 16.6 Å². The molecular formula is C11H16N2O3S. The molecule has 1 rings (SSSR count). The van der Waals surface area contributed by atoms with E-state index in [1.807, 2.05) is 6.92 Å². The van der Waals surface area contributed by atoms with Gasteiger partial charge in [0.1, 0.15) is 0 Å². The summed E-state index contributed by atoms with van der Waals surface area (Å²) in [5, 5.41) is 13.8. The van der Waals surface area contributed by atoms with E-state index < -0.39 is 16.9 Å². The van der Waals surface area contributed by atoms with Crippen molar-refractivity contribution in [2.24, 2.45) is 5.41 Å². The molecule has 1 atom stereocenters. The van der Waals surface area contributed by atoms with Crippen LogP contribution in [-0.4, -0.2) is 22.5 Å². The lowest BCUT2D eigenvalue weighted by molar-refractivity contribution is -0.153. The molecule has 1 amide bonds. The van der Waals surface area contributed by atoms with Crippen LogP contribution in [0.4, 0.5) is 0 Å². The number of thiazole rings is 1. The number of carbonyl (C=O) groups is 2. The summed E-state index contributed by atoms with van der Waals surface area (Å²) in [5.41, 5.74) is 0.0890. The van der Waals surface area contributed by atoms with Gasteiger partial charge in [0, 0.05) is 5.38 Å². The van der Waals surface area contributed by atoms with E-state index in [1.54, 1.807) is 24.7 Å². The molecule has 2 N–H and O–H groups in total. The first-order chi connectivity index (χ1) is 7.92. The van der Waals surface area contributed by atoms with Crippen LogP contribution in [-0.2, 0) is 15.1 Å². The number of aromatic nitrogens is 1. The van der Waals surface area contributed by atoms with Gasteiger partial charge >= 0.3 is 5.97 Å². The van der Waals surface area contributed by atoms with Crippen LogP contribution in [0.15, 0.2) is 10.9 Å². The smallest absolute Gasteiger partial charge is 0.311 e. The quantitative estimate of drug-likeness (QED) is 0.758. The van der Waals surface area contributed by atoms with Crippen LogP contribution >= 0.6 is 11.3 Å². The maximum absolute atomic E-state index is 11.4. The van der Waals surface area contributed by atoms with Crippen LogP contribution in [0.3, 0.4) is 0 Å². The predicted molar refractivity (Wildman–Crippen MR) is 64.7 cm³/mol. The Hall–Kier alpha value is -1.43. The lowest BCUT2D eigenvalue weighted by Crippen LogP contribution is -2.56. The van der Waals surface area contributed by atoms with Gasteiger partial charge in [0.25, 0.3) is 0 Å². The Balaban J connectivity index is 3.37. The molecule has 0 fully saturated rings. The van der Waals surface area contributed by atoms with Gasteiger partial charge < -0.3 is 10.4 Å². The molecule has 1 aromatic heterocycles. The maximum atomic E-state index is 11.4. The Morgan fingerprint density at radius 3 is 2.65 bits per heavy atom. The largest absolute Gasteiger partial charge is 0.481 e. The summed E-state index contributed by atoms with van der Waals surface area (Å²) in [7, 11) is 0. The Morgan fingerprint density at radius 1 is 1.65 bits per heavy atom. The van der Waals surface area contributed by atoms with E-state index in [4.69, 9.17) is 0 Å². The topological polar surface area (TPSA) is 79.3 Å². The molecule has 5 nitrogen and oxygen atoms in total. The summed E-state index contributed by atoms with van der Waals surface area (Å²) in [6.07, 6.45) is 0.988. The Labute approximate surface area is 104 Å². The summed E-state index contributed by atoms with van der Waals surface area (Å²) < 4.78 is 0. The number of hydrogen-bond donors (Lipinski definition) is 2. The van der Waals surface area contributed by atoms with Gasteiger partial charge in [-0.1, -0.05) is 6.92 Å². The first-order valence-electron chi connectivity index (χ1n) is 5.25. The molecule has 6 heteroatoms. The Bertz CT molecular complexity index is 403.